The van der Waals surface area contributed by atoms with Gasteiger partial charge in [-0.2, -0.15) is 13.2 Å². The van der Waals surface area contributed by atoms with Gasteiger partial charge in [0, 0.05) is 12.6 Å². The Morgan fingerprint density at radius 3 is 2.56 bits per heavy atom. The van der Waals surface area contributed by atoms with E-state index >= 15 is 0 Å². The summed E-state index contributed by atoms with van der Waals surface area (Å²) >= 11 is 0. The van der Waals surface area contributed by atoms with E-state index in [4.69, 9.17) is 0 Å². The lowest BCUT2D eigenvalue weighted by molar-refractivity contribution is -0.162. The molecule has 0 heterocycles. The molecule has 0 radical (unpaired) electrons. The van der Waals surface area contributed by atoms with Crippen molar-refractivity contribution in [3.63, 3.8) is 0 Å². The third kappa shape index (κ3) is 4.52. The summed E-state index contributed by atoms with van der Waals surface area (Å²) in [6, 6.07) is 6.22. The van der Waals surface area contributed by atoms with Gasteiger partial charge in [-0.15, -0.1) is 0 Å². The molecule has 0 unspecified atom stereocenters. The van der Waals surface area contributed by atoms with Crippen LogP contribution in [0, 0.1) is 0 Å². The van der Waals surface area contributed by atoms with Crippen LogP contribution in [0.2, 0.25) is 0 Å². The molecule has 0 bridgehead atoms. The van der Waals surface area contributed by atoms with Gasteiger partial charge < -0.3 is 14.7 Å². The van der Waals surface area contributed by atoms with Gasteiger partial charge in [0.1, 0.15) is 5.75 Å². The Morgan fingerprint density at radius 1 is 1.39 bits per heavy atom. The van der Waals surface area contributed by atoms with Crippen molar-refractivity contribution in [2.75, 3.05) is 13.7 Å². The van der Waals surface area contributed by atoms with Crippen molar-refractivity contribution in [1.29, 1.82) is 0 Å². The maximum Gasteiger partial charge on any atom is 0.422 e. The second-order valence-corrected chi connectivity index (χ2v) is 3.65. The molecule has 4 nitrogen and oxygen atoms in total. The van der Waals surface area contributed by atoms with Crippen LogP contribution in [0.15, 0.2) is 24.3 Å². The predicted octanol–water partition coefficient (Wildman–Crippen LogP) is 2.52. The number of amides is 1. The van der Waals surface area contributed by atoms with Gasteiger partial charge in [0.15, 0.2) is 6.61 Å². The van der Waals surface area contributed by atoms with Gasteiger partial charge in [-0.05, 0) is 6.07 Å². The smallest absolute Gasteiger partial charge is 0.422 e. The minimum Gasteiger partial charge on any atom is -0.508 e. The summed E-state index contributed by atoms with van der Waals surface area (Å²) < 4.78 is 39.6. The van der Waals surface area contributed by atoms with E-state index in [-0.39, 0.29) is 12.3 Å². The van der Waals surface area contributed by atoms with Crippen LogP contribution in [0.4, 0.5) is 18.0 Å². The van der Waals surface area contributed by atoms with Crippen LogP contribution in [-0.2, 0) is 11.3 Å². The second kappa shape index (κ2) is 5.61. The molecule has 0 aromatic heterocycles. The third-order valence-corrected chi connectivity index (χ3v) is 2.07. The Balaban J connectivity index is 2.53. The number of alkyl halides is 3. The molecule has 7 heteroatoms. The predicted molar refractivity (Wildman–Crippen MR) is 57.0 cm³/mol. The molecule has 0 aliphatic carbocycles. The Bertz CT molecular complexity index is 420. The van der Waals surface area contributed by atoms with Gasteiger partial charge in [0.2, 0.25) is 0 Å². The Kier molecular flexibility index (Phi) is 4.41. The lowest BCUT2D eigenvalue weighted by Gasteiger charge is -2.18. The molecule has 0 fully saturated rings. The lowest BCUT2D eigenvalue weighted by Crippen LogP contribution is -2.30. The number of halogens is 3. The highest BCUT2D eigenvalue weighted by Gasteiger charge is 2.30. The van der Waals surface area contributed by atoms with E-state index in [2.05, 4.69) is 4.74 Å². The zero-order chi connectivity index (χ0) is 13.8. The fourth-order valence-electron chi connectivity index (χ4n) is 1.22. The van der Waals surface area contributed by atoms with Gasteiger partial charge in [-0.1, -0.05) is 18.2 Å². The Morgan fingerprint density at radius 2 is 2.00 bits per heavy atom. The summed E-state index contributed by atoms with van der Waals surface area (Å²) in [4.78, 5) is 12.2. The molecule has 1 aromatic rings. The molecule has 1 aromatic carbocycles. The average Bonchev–Trinajstić information content (AvgIpc) is 2.28. The monoisotopic (exact) mass is 263 g/mol. The number of carbonyl (C=O) groups is 1. The van der Waals surface area contributed by atoms with E-state index in [0.717, 1.165) is 4.90 Å². The van der Waals surface area contributed by atoms with Crippen LogP contribution in [0.3, 0.4) is 0 Å². The van der Waals surface area contributed by atoms with Crippen LogP contribution in [0.25, 0.3) is 0 Å². The minimum absolute atomic E-state index is 0.0343. The molecule has 0 saturated carbocycles. The van der Waals surface area contributed by atoms with Gasteiger partial charge in [0.25, 0.3) is 0 Å². The highest BCUT2D eigenvalue weighted by atomic mass is 19.4. The first-order chi connectivity index (χ1) is 8.29. The van der Waals surface area contributed by atoms with Crippen LogP contribution in [0.5, 0.6) is 5.75 Å². The Hall–Kier alpha value is -1.92. The van der Waals surface area contributed by atoms with Crippen LogP contribution in [-0.4, -0.2) is 35.9 Å². The normalized spacial score (nSPS) is 11.1. The zero-order valence-corrected chi connectivity index (χ0v) is 9.57. The fourth-order valence-corrected chi connectivity index (χ4v) is 1.22. The van der Waals surface area contributed by atoms with Crippen molar-refractivity contribution in [2.24, 2.45) is 0 Å². The zero-order valence-electron chi connectivity index (χ0n) is 9.57. The molecule has 0 saturated heterocycles. The number of carbonyl (C=O) groups excluding carboxylic acids is 1. The van der Waals surface area contributed by atoms with Crippen molar-refractivity contribution in [3.05, 3.63) is 29.8 Å². The number of aromatic hydroxyl groups is 1. The SMILES string of the molecule is CN(Cc1ccccc1O)C(=O)OCC(F)(F)F. The molecule has 0 aliphatic heterocycles. The van der Waals surface area contributed by atoms with E-state index in [1.807, 2.05) is 0 Å². The topological polar surface area (TPSA) is 49.8 Å². The first-order valence-electron chi connectivity index (χ1n) is 5.01. The summed E-state index contributed by atoms with van der Waals surface area (Å²) in [6.07, 6.45) is -5.65. The second-order valence-electron chi connectivity index (χ2n) is 3.65. The summed E-state index contributed by atoms with van der Waals surface area (Å²) in [5.41, 5.74) is 0.420. The molecule has 18 heavy (non-hydrogen) atoms. The molecular formula is C11H12F3NO3. The fraction of sp³-hybridized carbons (Fsp3) is 0.364. The third-order valence-electron chi connectivity index (χ3n) is 2.07. The number of phenolic OH excluding ortho intramolecular Hbond substituents is 1. The Labute approximate surface area is 102 Å². The van der Waals surface area contributed by atoms with E-state index in [0.29, 0.717) is 5.56 Å². The molecule has 1 rings (SSSR count). The van der Waals surface area contributed by atoms with Crippen molar-refractivity contribution < 1.29 is 27.8 Å². The first-order valence-corrected chi connectivity index (χ1v) is 5.01. The van der Waals surface area contributed by atoms with E-state index in [1.54, 1.807) is 18.2 Å². The highest BCUT2D eigenvalue weighted by Crippen LogP contribution is 2.18. The summed E-state index contributed by atoms with van der Waals surface area (Å²) in [5.74, 6) is -0.0343. The number of nitrogens with zero attached hydrogens (tertiary/aromatic N) is 1. The van der Waals surface area contributed by atoms with Crippen molar-refractivity contribution in [3.8, 4) is 5.75 Å². The summed E-state index contributed by atoms with van der Waals surface area (Å²) in [6.45, 7) is -1.67. The number of rotatable bonds is 3. The summed E-state index contributed by atoms with van der Waals surface area (Å²) in [7, 11) is 1.28. The number of hydrogen-bond donors (Lipinski definition) is 1. The van der Waals surface area contributed by atoms with Gasteiger partial charge >= 0.3 is 12.3 Å². The number of hydrogen-bond acceptors (Lipinski definition) is 3. The van der Waals surface area contributed by atoms with Crippen molar-refractivity contribution in [2.45, 2.75) is 12.7 Å². The lowest BCUT2D eigenvalue weighted by atomic mass is 10.2. The number of ether oxygens (including phenoxy) is 1. The maximum absolute atomic E-state index is 11.8. The maximum atomic E-state index is 11.8. The van der Waals surface area contributed by atoms with E-state index in [9.17, 15) is 23.1 Å². The molecule has 0 aliphatic rings. The van der Waals surface area contributed by atoms with Crippen molar-refractivity contribution in [1.82, 2.24) is 4.90 Å². The summed E-state index contributed by atoms with van der Waals surface area (Å²) in [5, 5.41) is 9.44. The average molecular weight is 263 g/mol. The van der Waals surface area contributed by atoms with Crippen molar-refractivity contribution >= 4 is 6.09 Å². The van der Waals surface area contributed by atoms with Gasteiger partial charge in [-0.3, -0.25) is 0 Å². The molecular weight excluding hydrogens is 251 g/mol. The molecule has 1 N–H and O–H groups in total. The largest absolute Gasteiger partial charge is 0.508 e. The van der Waals surface area contributed by atoms with E-state index in [1.165, 1.54) is 13.1 Å². The number of phenols is 1. The number of benzene rings is 1. The molecule has 100 valence electrons. The van der Waals surface area contributed by atoms with Gasteiger partial charge in [0.05, 0.1) is 6.54 Å². The highest BCUT2D eigenvalue weighted by molar-refractivity contribution is 5.67. The van der Waals surface area contributed by atoms with Crippen LogP contribution < -0.4 is 0 Å². The minimum atomic E-state index is -4.55. The number of para-hydroxylation sites is 1. The van der Waals surface area contributed by atoms with Gasteiger partial charge in [-0.25, -0.2) is 4.79 Å². The quantitative estimate of drug-likeness (QED) is 0.911. The molecule has 0 atom stereocenters. The standard InChI is InChI=1S/C11H12F3NO3/c1-15(10(17)18-7-11(12,13)14)6-8-4-2-3-5-9(8)16/h2-5,16H,6-7H2,1H3. The molecule has 0 spiro atoms. The van der Waals surface area contributed by atoms with Crippen LogP contribution in [0.1, 0.15) is 5.56 Å². The van der Waals surface area contributed by atoms with E-state index < -0.39 is 18.9 Å². The molecule has 1 amide bonds. The first kappa shape index (κ1) is 14.1. The van der Waals surface area contributed by atoms with Crippen LogP contribution >= 0.6 is 0 Å².